The molecule has 19 heavy (non-hydrogen) atoms. The van der Waals surface area contributed by atoms with E-state index in [2.05, 4.69) is 21.3 Å². The summed E-state index contributed by atoms with van der Waals surface area (Å²) in [6, 6.07) is 5.75. The molecule has 0 aromatic carbocycles. The molecule has 1 saturated heterocycles. The Morgan fingerprint density at radius 2 is 2.53 bits per heavy atom. The van der Waals surface area contributed by atoms with Crippen LogP contribution in [0.15, 0.2) is 18.3 Å². The molecule has 1 aliphatic heterocycles. The highest BCUT2D eigenvalue weighted by atomic mass is 16.1. The van der Waals surface area contributed by atoms with Crippen molar-refractivity contribution < 1.29 is 4.79 Å². The maximum Gasteiger partial charge on any atom is 0.216 e. The molecule has 0 bridgehead atoms. The fourth-order valence-electron chi connectivity index (χ4n) is 2.45. The Balaban J connectivity index is 2.04. The van der Waals surface area contributed by atoms with Crippen molar-refractivity contribution in [2.75, 3.05) is 24.5 Å². The maximum absolute atomic E-state index is 11.0. The average Bonchev–Trinajstić information content (AvgIpc) is 2.45. The molecule has 0 spiro atoms. The van der Waals surface area contributed by atoms with Gasteiger partial charge in [0.2, 0.25) is 5.91 Å². The molecule has 5 heteroatoms. The summed E-state index contributed by atoms with van der Waals surface area (Å²) in [6.45, 7) is 3.99. The van der Waals surface area contributed by atoms with Crippen LogP contribution in [0.25, 0.3) is 0 Å². The first kappa shape index (κ1) is 13.3. The van der Waals surface area contributed by atoms with Gasteiger partial charge in [0.15, 0.2) is 0 Å². The monoisotopic (exact) mass is 258 g/mol. The Kier molecular flexibility index (Phi) is 4.35. The zero-order valence-corrected chi connectivity index (χ0v) is 11.1. The number of carbonyl (C=O) groups is 1. The van der Waals surface area contributed by atoms with Gasteiger partial charge in [0, 0.05) is 32.8 Å². The van der Waals surface area contributed by atoms with Crippen molar-refractivity contribution in [3.63, 3.8) is 0 Å². The van der Waals surface area contributed by atoms with E-state index in [4.69, 9.17) is 5.26 Å². The summed E-state index contributed by atoms with van der Waals surface area (Å²) < 4.78 is 0. The molecule has 1 amide bonds. The second-order valence-corrected chi connectivity index (χ2v) is 4.88. The average molecular weight is 258 g/mol. The Labute approximate surface area is 113 Å². The van der Waals surface area contributed by atoms with Crippen molar-refractivity contribution in [3.05, 3.63) is 23.9 Å². The minimum absolute atomic E-state index is 0.00711. The van der Waals surface area contributed by atoms with Gasteiger partial charge in [-0.2, -0.15) is 5.26 Å². The lowest BCUT2D eigenvalue weighted by atomic mass is 9.97. The van der Waals surface area contributed by atoms with Gasteiger partial charge in [0.05, 0.1) is 5.56 Å². The van der Waals surface area contributed by atoms with Crippen molar-refractivity contribution in [1.29, 1.82) is 5.26 Å². The summed E-state index contributed by atoms with van der Waals surface area (Å²) in [6.07, 6.45) is 3.88. The predicted molar refractivity (Wildman–Crippen MR) is 72.6 cm³/mol. The molecule has 2 heterocycles. The zero-order valence-electron chi connectivity index (χ0n) is 11.1. The van der Waals surface area contributed by atoms with Crippen LogP contribution in [0, 0.1) is 17.2 Å². The van der Waals surface area contributed by atoms with Gasteiger partial charge in [-0.1, -0.05) is 0 Å². The predicted octanol–water partition coefficient (Wildman–Crippen LogP) is 1.31. The van der Waals surface area contributed by atoms with E-state index in [1.165, 1.54) is 6.92 Å². The van der Waals surface area contributed by atoms with Crippen molar-refractivity contribution in [3.8, 4) is 6.07 Å². The number of rotatable bonds is 3. The van der Waals surface area contributed by atoms with Crippen molar-refractivity contribution in [1.82, 2.24) is 10.3 Å². The number of piperidine rings is 1. The molecule has 1 atom stereocenters. The molecule has 1 aromatic heterocycles. The third-order valence-corrected chi connectivity index (χ3v) is 3.37. The molecule has 1 aliphatic rings. The molecule has 1 fully saturated rings. The summed E-state index contributed by atoms with van der Waals surface area (Å²) >= 11 is 0. The number of anilines is 1. The highest BCUT2D eigenvalue weighted by Gasteiger charge is 2.22. The van der Waals surface area contributed by atoms with E-state index < -0.39 is 0 Å². The van der Waals surface area contributed by atoms with Gasteiger partial charge in [-0.05, 0) is 30.9 Å². The van der Waals surface area contributed by atoms with Gasteiger partial charge in [0.25, 0.3) is 0 Å². The Bertz CT molecular complexity index is 494. The van der Waals surface area contributed by atoms with E-state index in [1.54, 1.807) is 18.3 Å². The normalized spacial score (nSPS) is 18.7. The number of amides is 1. The lowest BCUT2D eigenvalue weighted by Crippen LogP contribution is -2.41. The van der Waals surface area contributed by atoms with Crippen molar-refractivity contribution in [2.24, 2.45) is 5.92 Å². The van der Waals surface area contributed by atoms with E-state index in [9.17, 15) is 4.79 Å². The summed E-state index contributed by atoms with van der Waals surface area (Å²) in [5.74, 6) is 1.19. The first-order chi connectivity index (χ1) is 9.20. The molecule has 1 unspecified atom stereocenters. The first-order valence-electron chi connectivity index (χ1n) is 6.55. The van der Waals surface area contributed by atoms with E-state index in [0.717, 1.165) is 31.7 Å². The highest BCUT2D eigenvalue weighted by Crippen LogP contribution is 2.23. The zero-order chi connectivity index (χ0) is 13.7. The topological polar surface area (TPSA) is 69.0 Å². The second kappa shape index (κ2) is 6.19. The standard InChI is InChI=1S/C14H18N4O/c1-11(19)17-9-12-4-3-7-18(10-12)14-13(8-15)5-2-6-16-14/h2,5-6,12H,3-4,7,9-10H2,1H3,(H,17,19). The smallest absolute Gasteiger partial charge is 0.216 e. The molecule has 5 nitrogen and oxygen atoms in total. The van der Waals surface area contributed by atoms with Gasteiger partial charge in [-0.25, -0.2) is 4.98 Å². The van der Waals surface area contributed by atoms with E-state index >= 15 is 0 Å². The minimum Gasteiger partial charge on any atom is -0.356 e. The molecule has 0 aliphatic carbocycles. The molecular weight excluding hydrogens is 240 g/mol. The lowest BCUT2D eigenvalue weighted by molar-refractivity contribution is -0.119. The van der Waals surface area contributed by atoms with Gasteiger partial charge >= 0.3 is 0 Å². The van der Waals surface area contributed by atoms with Crippen LogP contribution in [0.4, 0.5) is 5.82 Å². The number of aromatic nitrogens is 1. The summed E-state index contributed by atoms with van der Waals surface area (Å²) in [7, 11) is 0. The number of nitriles is 1. The fourth-order valence-corrected chi connectivity index (χ4v) is 2.45. The molecule has 100 valence electrons. The number of nitrogens with zero attached hydrogens (tertiary/aromatic N) is 3. The van der Waals surface area contributed by atoms with Crippen molar-refractivity contribution in [2.45, 2.75) is 19.8 Å². The Morgan fingerprint density at radius 3 is 3.26 bits per heavy atom. The number of hydrogen-bond acceptors (Lipinski definition) is 4. The number of pyridine rings is 1. The minimum atomic E-state index is 0.00711. The van der Waals surface area contributed by atoms with Gasteiger partial charge in [-0.3, -0.25) is 4.79 Å². The van der Waals surface area contributed by atoms with Gasteiger partial charge < -0.3 is 10.2 Å². The summed E-state index contributed by atoms with van der Waals surface area (Å²) in [4.78, 5) is 17.4. The summed E-state index contributed by atoms with van der Waals surface area (Å²) in [5, 5.41) is 12.0. The third kappa shape index (κ3) is 3.44. The SMILES string of the molecule is CC(=O)NCC1CCCN(c2ncccc2C#N)C1. The van der Waals surface area contributed by atoms with Crippen LogP contribution in [0.1, 0.15) is 25.3 Å². The third-order valence-electron chi connectivity index (χ3n) is 3.37. The lowest BCUT2D eigenvalue weighted by Gasteiger charge is -2.34. The molecule has 0 radical (unpaired) electrons. The molecule has 1 N–H and O–H groups in total. The molecule has 0 saturated carbocycles. The van der Waals surface area contributed by atoms with Crippen LogP contribution in [0.2, 0.25) is 0 Å². The largest absolute Gasteiger partial charge is 0.356 e. The second-order valence-electron chi connectivity index (χ2n) is 4.88. The van der Waals surface area contributed by atoms with Crippen LogP contribution in [0.3, 0.4) is 0 Å². The van der Waals surface area contributed by atoms with Crippen LogP contribution in [-0.4, -0.2) is 30.5 Å². The van der Waals surface area contributed by atoms with E-state index in [1.807, 2.05) is 0 Å². The highest BCUT2D eigenvalue weighted by molar-refractivity contribution is 5.72. The first-order valence-corrected chi connectivity index (χ1v) is 6.55. The molecular formula is C14H18N4O. The molecule has 2 rings (SSSR count). The fraction of sp³-hybridized carbons (Fsp3) is 0.500. The number of hydrogen-bond donors (Lipinski definition) is 1. The van der Waals surface area contributed by atoms with Crippen LogP contribution >= 0.6 is 0 Å². The van der Waals surface area contributed by atoms with E-state index in [-0.39, 0.29) is 5.91 Å². The van der Waals surface area contributed by atoms with Crippen molar-refractivity contribution >= 4 is 11.7 Å². The van der Waals surface area contributed by atoms with Gasteiger partial charge in [0.1, 0.15) is 11.9 Å². The number of carbonyl (C=O) groups excluding carboxylic acids is 1. The maximum atomic E-state index is 11.0. The van der Waals surface area contributed by atoms with E-state index in [0.29, 0.717) is 18.0 Å². The Hall–Kier alpha value is -2.09. The quantitative estimate of drug-likeness (QED) is 0.887. The Morgan fingerprint density at radius 1 is 1.68 bits per heavy atom. The van der Waals surface area contributed by atoms with Crippen LogP contribution < -0.4 is 10.2 Å². The molecule has 1 aromatic rings. The van der Waals surface area contributed by atoms with Gasteiger partial charge in [-0.15, -0.1) is 0 Å². The van der Waals surface area contributed by atoms with Crippen LogP contribution in [0.5, 0.6) is 0 Å². The van der Waals surface area contributed by atoms with Crippen LogP contribution in [-0.2, 0) is 4.79 Å². The summed E-state index contributed by atoms with van der Waals surface area (Å²) in [5.41, 5.74) is 0.614. The number of nitrogens with one attached hydrogen (secondary N) is 1.